The van der Waals surface area contributed by atoms with E-state index in [2.05, 4.69) is 0 Å². The van der Waals surface area contributed by atoms with Crippen molar-refractivity contribution in [3.8, 4) is 17.2 Å². The first-order chi connectivity index (χ1) is 23.9. The highest BCUT2D eigenvalue weighted by Gasteiger charge is 2.50. The SMILES string of the molecule is COc1cccc2c1C(=O)c1c(O)c3c(c(O)c1C2=O)C[C@@](O)(C(C)=O)C[C@@H]3OC1CC(N(c2ccccc2)c2ccccc2)C(O)C(C)O1. The molecule has 4 aromatic carbocycles. The molecule has 1 heterocycles. The van der Waals surface area contributed by atoms with Crippen molar-refractivity contribution in [1.82, 2.24) is 0 Å². The molecule has 11 heteroatoms. The van der Waals surface area contributed by atoms with E-state index in [9.17, 15) is 34.8 Å². The topological polar surface area (TPSA) is 163 Å². The van der Waals surface area contributed by atoms with E-state index in [1.165, 1.54) is 32.2 Å². The van der Waals surface area contributed by atoms with Gasteiger partial charge >= 0.3 is 0 Å². The average molecular weight is 680 g/mol. The third kappa shape index (κ3) is 5.34. The van der Waals surface area contributed by atoms with Crippen molar-refractivity contribution in [3.05, 3.63) is 112 Å². The predicted octanol–water partition coefficient (Wildman–Crippen LogP) is 4.91. The number of anilines is 2. The van der Waals surface area contributed by atoms with E-state index >= 15 is 0 Å². The molecule has 0 amide bonds. The molecule has 0 spiro atoms. The van der Waals surface area contributed by atoms with Gasteiger partial charge in [0.25, 0.3) is 0 Å². The highest BCUT2D eigenvalue weighted by molar-refractivity contribution is 6.31. The maximum atomic E-state index is 14.0. The molecule has 50 heavy (non-hydrogen) atoms. The second kappa shape index (κ2) is 12.7. The summed E-state index contributed by atoms with van der Waals surface area (Å²) < 4.78 is 18.0. The summed E-state index contributed by atoms with van der Waals surface area (Å²) in [5.41, 5.74) is -1.45. The summed E-state index contributed by atoms with van der Waals surface area (Å²) in [6.07, 6.45) is -4.69. The van der Waals surface area contributed by atoms with Gasteiger partial charge in [0.1, 0.15) is 29.0 Å². The Kier molecular flexibility index (Phi) is 8.47. The number of hydrogen-bond donors (Lipinski definition) is 4. The number of carbonyl (C=O) groups is 3. The largest absolute Gasteiger partial charge is 0.507 e. The molecule has 0 aromatic heterocycles. The van der Waals surface area contributed by atoms with Crippen molar-refractivity contribution < 1.29 is 49.0 Å². The summed E-state index contributed by atoms with van der Waals surface area (Å²) in [5, 5.41) is 46.6. The number of ether oxygens (including phenoxy) is 3. The maximum Gasteiger partial charge on any atom is 0.202 e. The van der Waals surface area contributed by atoms with E-state index in [1.807, 2.05) is 65.6 Å². The number of rotatable bonds is 7. The number of methoxy groups -OCH3 is 1. The zero-order chi connectivity index (χ0) is 35.5. The number of phenolic OH excluding ortho intramolecular Hbond substituents is 2. The average Bonchev–Trinajstić information content (AvgIpc) is 3.11. The molecule has 1 saturated heterocycles. The van der Waals surface area contributed by atoms with E-state index in [1.54, 1.807) is 6.92 Å². The Balaban J connectivity index is 1.32. The molecule has 4 N–H and O–H groups in total. The summed E-state index contributed by atoms with van der Waals surface area (Å²) in [6, 6.07) is 23.0. The molecule has 0 bridgehead atoms. The number of hydrogen-bond acceptors (Lipinski definition) is 11. The van der Waals surface area contributed by atoms with Gasteiger partial charge in [-0.15, -0.1) is 0 Å². The first-order valence-electron chi connectivity index (χ1n) is 16.4. The Bertz CT molecular complexity index is 1960. The number of carbonyl (C=O) groups excluding carboxylic acids is 3. The second-order valence-electron chi connectivity index (χ2n) is 13.1. The molecule has 4 unspecified atom stereocenters. The van der Waals surface area contributed by atoms with Gasteiger partial charge in [-0.05, 0) is 44.2 Å². The van der Waals surface area contributed by atoms with E-state index in [0.717, 1.165) is 11.4 Å². The third-order valence-electron chi connectivity index (χ3n) is 10.1. The van der Waals surface area contributed by atoms with E-state index in [4.69, 9.17) is 14.2 Å². The van der Waals surface area contributed by atoms with Crippen molar-refractivity contribution in [2.75, 3.05) is 12.0 Å². The van der Waals surface area contributed by atoms with Crippen LogP contribution in [-0.2, 0) is 20.7 Å². The number of ketones is 3. The van der Waals surface area contributed by atoms with Crippen molar-refractivity contribution in [1.29, 1.82) is 0 Å². The summed E-state index contributed by atoms with van der Waals surface area (Å²) in [7, 11) is 1.35. The predicted molar refractivity (Wildman–Crippen MR) is 181 cm³/mol. The normalized spacial score (nSPS) is 25.7. The Morgan fingerprint density at radius 2 is 1.50 bits per heavy atom. The molecule has 258 valence electrons. The number of Topliss-reactive ketones (excluding diaryl/α,β-unsaturated/α-hetero) is 1. The van der Waals surface area contributed by atoms with Gasteiger partial charge in [-0.3, -0.25) is 14.4 Å². The van der Waals surface area contributed by atoms with Crippen LogP contribution in [0.4, 0.5) is 11.4 Å². The van der Waals surface area contributed by atoms with Crippen LogP contribution in [-0.4, -0.2) is 75.0 Å². The van der Waals surface area contributed by atoms with Gasteiger partial charge in [0, 0.05) is 47.3 Å². The molecule has 6 atom stereocenters. The number of benzene rings is 4. The van der Waals surface area contributed by atoms with Crippen LogP contribution in [0.5, 0.6) is 17.2 Å². The van der Waals surface area contributed by atoms with Gasteiger partial charge in [-0.1, -0.05) is 48.5 Å². The lowest BCUT2D eigenvalue weighted by molar-refractivity contribution is -0.247. The number of para-hydroxylation sites is 2. The van der Waals surface area contributed by atoms with Gasteiger partial charge in [0.2, 0.25) is 5.78 Å². The van der Waals surface area contributed by atoms with Crippen LogP contribution in [0.25, 0.3) is 0 Å². The van der Waals surface area contributed by atoms with Crippen molar-refractivity contribution >= 4 is 28.7 Å². The molecule has 1 fully saturated rings. The number of phenols is 2. The molecule has 4 aromatic rings. The monoisotopic (exact) mass is 679 g/mol. The quantitative estimate of drug-likeness (QED) is 0.173. The third-order valence-corrected chi connectivity index (χ3v) is 10.1. The fourth-order valence-corrected chi connectivity index (χ4v) is 7.57. The molecule has 0 saturated carbocycles. The number of aromatic hydroxyl groups is 2. The highest BCUT2D eigenvalue weighted by Crippen LogP contribution is 2.52. The number of aliphatic hydroxyl groups excluding tert-OH is 1. The van der Waals surface area contributed by atoms with Crippen molar-refractivity contribution in [2.45, 2.75) is 69.4 Å². The van der Waals surface area contributed by atoms with Crippen LogP contribution in [0.1, 0.15) is 75.8 Å². The van der Waals surface area contributed by atoms with Gasteiger partial charge in [-0.25, -0.2) is 0 Å². The summed E-state index contributed by atoms with van der Waals surface area (Å²) in [4.78, 5) is 42.7. The van der Waals surface area contributed by atoms with Gasteiger partial charge in [0.05, 0.1) is 42.0 Å². The molecule has 7 rings (SSSR count). The van der Waals surface area contributed by atoms with E-state index in [-0.39, 0.29) is 40.8 Å². The maximum absolute atomic E-state index is 14.0. The Morgan fingerprint density at radius 1 is 0.880 bits per heavy atom. The molecular formula is C39H37NO10. The smallest absolute Gasteiger partial charge is 0.202 e. The zero-order valence-electron chi connectivity index (χ0n) is 27.7. The molecule has 3 aliphatic rings. The van der Waals surface area contributed by atoms with Crippen LogP contribution in [0.2, 0.25) is 0 Å². The fourth-order valence-electron chi connectivity index (χ4n) is 7.57. The van der Waals surface area contributed by atoms with E-state index in [0.29, 0.717) is 0 Å². The Hall–Kier alpha value is -5.07. The number of aliphatic hydroxyl groups is 2. The summed E-state index contributed by atoms with van der Waals surface area (Å²) in [6.45, 7) is 2.91. The molecular weight excluding hydrogens is 642 g/mol. The fraction of sp³-hybridized carbons (Fsp3) is 0.308. The minimum atomic E-state index is -2.04. The van der Waals surface area contributed by atoms with E-state index < -0.39 is 82.6 Å². The van der Waals surface area contributed by atoms with Crippen LogP contribution in [0, 0.1) is 0 Å². The Labute approximate surface area is 288 Å². The molecule has 1 aliphatic heterocycles. The molecule has 2 aliphatic carbocycles. The number of nitrogens with zero attached hydrogens (tertiary/aromatic N) is 1. The summed E-state index contributed by atoms with van der Waals surface area (Å²) in [5.74, 6) is -3.18. The van der Waals surface area contributed by atoms with Crippen LogP contribution >= 0.6 is 0 Å². The second-order valence-corrected chi connectivity index (χ2v) is 13.1. The summed E-state index contributed by atoms with van der Waals surface area (Å²) >= 11 is 0. The van der Waals surface area contributed by atoms with Gasteiger partial charge in [0.15, 0.2) is 17.9 Å². The minimum absolute atomic E-state index is 0.0162. The molecule has 0 radical (unpaired) electrons. The Morgan fingerprint density at radius 3 is 2.10 bits per heavy atom. The standard InChI is InChI=1S/C39H37NO10/c1-20-34(42)26(40(22-11-6-4-7-12-22)23-13-8-5-9-14-23)17-29(49-20)50-28-19-39(47,21(2)41)18-25-31(28)38(46)33-32(36(25)44)35(43)24-15-10-16-27(48-3)30(24)37(33)45/h4-16,20,26,28-29,34,42,44,46-47H,17-19H2,1-3H3/t20?,26?,28-,29?,34?,39-/m0/s1. The first-order valence-corrected chi connectivity index (χ1v) is 16.4. The van der Waals surface area contributed by atoms with Crippen molar-refractivity contribution in [2.24, 2.45) is 0 Å². The lowest BCUT2D eigenvalue weighted by Crippen LogP contribution is -2.55. The van der Waals surface area contributed by atoms with Gasteiger partial charge in [-0.2, -0.15) is 0 Å². The van der Waals surface area contributed by atoms with Crippen LogP contribution in [0.3, 0.4) is 0 Å². The van der Waals surface area contributed by atoms with Crippen molar-refractivity contribution in [3.63, 3.8) is 0 Å². The lowest BCUT2D eigenvalue weighted by atomic mass is 9.72. The molecule has 11 nitrogen and oxygen atoms in total. The minimum Gasteiger partial charge on any atom is -0.507 e. The lowest BCUT2D eigenvalue weighted by Gasteiger charge is -2.46. The first kappa shape index (κ1) is 33.4. The zero-order valence-corrected chi connectivity index (χ0v) is 27.7. The van der Waals surface area contributed by atoms with Crippen LogP contribution in [0.15, 0.2) is 78.9 Å². The van der Waals surface area contributed by atoms with Gasteiger partial charge < -0.3 is 39.5 Å². The van der Waals surface area contributed by atoms with Crippen LogP contribution < -0.4 is 9.64 Å². The number of fused-ring (bicyclic) bond motifs is 3. The highest BCUT2D eigenvalue weighted by atomic mass is 16.7.